The Bertz CT molecular complexity index is 1480. The Kier molecular flexibility index (Phi) is 7.41. The van der Waals surface area contributed by atoms with Gasteiger partial charge in [0, 0.05) is 24.8 Å². The smallest absolute Gasteiger partial charge is 0.335 e. The van der Waals surface area contributed by atoms with Crippen LogP contribution < -0.4 is 21.5 Å². The zero-order valence-electron chi connectivity index (χ0n) is 21.0. The summed E-state index contributed by atoms with van der Waals surface area (Å²) >= 11 is 0. The number of imidazole rings is 1. The van der Waals surface area contributed by atoms with Crippen molar-refractivity contribution in [2.75, 3.05) is 19.5 Å². The van der Waals surface area contributed by atoms with Gasteiger partial charge in [0.15, 0.2) is 11.5 Å². The van der Waals surface area contributed by atoms with Crippen LogP contribution in [-0.2, 0) is 6.54 Å². The Labute approximate surface area is 218 Å². The van der Waals surface area contributed by atoms with Gasteiger partial charge >= 0.3 is 5.69 Å². The van der Waals surface area contributed by atoms with Crippen LogP contribution in [0, 0.1) is 11.7 Å². The lowest BCUT2D eigenvalue weighted by Crippen LogP contribution is -2.30. The Morgan fingerprint density at radius 1 is 1.16 bits per heavy atom. The molecule has 5 N–H and O–H groups in total. The number of hydrogen-bond acceptors (Lipinski definition) is 8. The fraction of sp³-hybridized carbons (Fsp3) is 0.370. The highest BCUT2D eigenvalue weighted by Gasteiger charge is 2.28. The number of anilines is 1. The van der Waals surface area contributed by atoms with Crippen LogP contribution in [0.2, 0.25) is 0 Å². The molecule has 10 nitrogen and oxygen atoms in total. The lowest BCUT2D eigenvalue weighted by atomic mass is 9.86. The van der Waals surface area contributed by atoms with Crippen molar-refractivity contribution in [2.45, 2.75) is 44.5 Å². The minimum absolute atomic E-state index is 0.0341. The van der Waals surface area contributed by atoms with Crippen molar-refractivity contribution in [3.05, 3.63) is 76.2 Å². The largest absolute Gasteiger partial charge is 0.496 e. The van der Waals surface area contributed by atoms with E-state index in [0.717, 1.165) is 31.2 Å². The molecule has 0 radical (unpaired) electrons. The van der Waals surface area contributed by atoms with Crippen molar-refractivity contribution in [1.29, 1.82) is 0 Å². The van der Waals surface area contributed by atoms with Gasteiger partial charge in [-0.3, -0.25) is 14.5 Å². The molecule has 4 aromatic rings. The number of ether oxygens (including phenoxy) is 1. The average molecular weight is 523 g/mol. The SMILES string of the molecule is COc1ccc(F)cc1C(O)NCc1ccc(-n2c(=O)n([C@H]3CC[C@H](CO)CC3)c3ncnc(N)c32)cc1. The first-order valence-corrected chi connectivity index (χ1v) is 12.6. The first kappa shape index (κ1) is 25.8. The van der Waals surface area contributed by atoms with Gasteiger partial charge < -0.3 is 20.7 Å². The zero-order valence-corrected chi connectivity index (χ0v) is 21.0. The van der Waals surface area contributed by atoms with Crippen LogP contribution in [0.3, 0.4) is 0 Å². The quantitative estimate of drug-likeness (QED) is 0.259. The van der Waals surface area contributed by atoms with Gasteiger partial charge in [0.05, 0.1) is 12.8 Å². The number of hydrogen-bond donors (Lipinski definition) is 4. The molecule has 11 heteroatoms. The molecule has 1 unspecified atom stereocenters. The van der Waals surface area contributed by atoms with Crippen LogP contribution in [0.1, 0.15) is 49.1 Å². The van der Waals surface area contributed by atoms with Crippen molar-refractivity contribution >= 4 is 17.0 Å². The minimum atomic E-state index is -1.14. The van der Waals surface area contributed by atoms with Crippen molar-refractivity contribution in [1.82, 2.24) is 24.4 Å². The van der Waals surface area contributed by atoms with E-state index in [0.29, 0.717) is 28.2 Å². The highest BCUT2D eigenvalue weighted by atomic mass is 19.1. The van der Waals surface area contributed by atoms with E-state index >= 15 is 0 Å². The van der Waals surface area contributed by atoms with E-state index in [-0.39, 0.29) is 36.6 Å². The molecule has 0 spiro atoms. The maximum Gasteiger partial charge on any atom is 0.335 e. The normalized spacial score (nSPS) is 18.5. The molecule has 0 bridgehead atoms. The van der Waals surface area contributed by atoms with Crippen LogP contribution in [0.25, 0.3) is 16.9 Å². The molecule has 1 aliphatic rings. The molecule has 1 aliphatic carbocycles. The molecular weight excluding hydrogens is 491 g/mol. The summed E-state index contributed by atoms with van der Waals surface area (Å²) in [6, 6.07) is 11.2. The number of methoxy groups -OCH3 is 1. The van der Waals surface area contributed by atoms with Gasteiger partial charge in [-0.1, -0.05) is 12.1 Å². The third kappa shape index (κ3) is 4.87. The Hall–Kier alpha value is -3.80. The van der Waals surface area contributed by atoms with E-state index < -0.39 is 12.0 Å². The van der Waals surface area contributed by atoms with Gasteiger partial charge in [0.25, 0.3) is 0 Å². The van der Waals surface area contributed by atoms with Crippen LogP contribution >= 0.6 is 0 Å². The summed E-state index contributed by atoms with van der Waals surface area (Å²) in [6.45, 7) is 0.448. The number of halogens is 1. The number of rotatable bonds is 8. The maximum absolute atomic E-state index is 13.7. The van der Waals surface area contributed by atoms with E-state index in [2.05, 4.69) is 15.3 Å². The second kappa shape index (κ2) is 10.9. The fourth-order valence-corrected chi connectivity index (χ4v) is 5.23. The average Bonchev–Trinajstić information content (AvgIpc) is 3.24. The maximum atomic E-state index is 13.7. The third-order valence-corrected chi connectivity index (χ3v) is 7.30. The summed E-state index contributed by atoms with van der Waals surface area (Å²) in [4.78, 5) is 22.2. The Morgan fingerprint density at radius 3 is 2.58 bits per heavy atom. The minimum Gasteiger partial charge on any atom is -0.496 e. The first-order valence-electron chi connectivity index (χ1n) is 12.6. The summed E-state index contributed by atoms with van der Waals surface area (Å²) < 4.78 is 22.1. The molecule has 2 aromatic heterocycles. The predicted molar refractivity (Wildman–Crippen MR) is 140 cm³/mol. The lowest BCUT2D eigenvalue weighted by molar-refractivity contribution is 0.133. The van der Waals surface area contributed by atoms with Crippen molar-refractivity contribution in [3.8, 4) is 11.4 Å². The van der Waals surface area contributed by atoms with E-state index in [9.17, 15) is 19.4 Å². The van der Waals surface area contributed by atoms with Crippen LogP contribution in [-0.4, -0.2) is 43.0 Å². The number of fused-ring (bicyclic) bond motifs is 1. The molecule has 2 heterocycles. The molecular formula is C27H31FN6O4. The number of benzene rings is 2. The van der Waals surface area contributed by atoms with Crippen molar-refractivity contribution in [2.24, 2.45) is 5.92 Å². The lowest BCUT2D eigenvalue weighted by Gasteiger charge is -2.27. The topological polar surface area (TPSA) is 140 Å². The van der Waals surface area contributed by atoms with E-state index in [1.165, 1.54) is 36.2 Å². The zero-order chi connectivity index (χ0) is 26.8. The second-order valence-electron chi connectivity index (χ2n) is 9.61. The number of nitrogen functional groups attached to an aromatic ring is 1. The molecule has 2 aromatic carbocycles. The van der Waals surface area contributed by atoms with Gasteiger partial charge in [-0.2, -0.15) is 0 Å². The molecule has 5 rings (SSSR count). The molecule has 200 valence electrons. The van der Waals surface area contributed by atoms with Gasteiger partial charge in [-0.25, -0.2) is 19.2 Å². The highest BCUT2D eigenvalue weighted by molar-refractivity contribution is 5.84. The summed E-state index contributed by atoms with van der Waals surface area (Å²) in [5, 5.41) is 23.0. The van der Waals surface area contributed by atoms with E-state index in [4.69, 9.17) is 10.5 Å². The van der Waals surface area contributed by atoms with Gasteiger partial charge in [-0.15, -0.1) is 0 Å². The fourth-order valence-electron chi connectivity index (χ4n) is 5.23. The van der Waals surface area contributed by atoms with Crippen molar-refractivity contribution in [3.63, 3.8) is 0 Å². The first-order chi connectivity index (χ1) is 18.4. The summed E-state index contributed by atoms with van der Waals surface area (Å²) in [6.07, 6.45) is 3.46. The summed E-state index contributed by atoms with van der Waals surface area (Å²) in [7, 11) is 1.46. The second-order valence-corrected chi connectivity index (χ2v) is 9.61. The highest BCUT2D eigenvalue weighted by Crippen LogP contribution is 2.34. The predicted octanol–water partition coefficient (Wildman–Crippen LogP) is 2.82. The molecule has 38 heavy (non-hydrogen) atoms. The monoisotopic (exact) mass is 522 g/mol. The molecule has 1 atom stereocenters. The number of nitrogens with two attached hydrogens (primary N) is 1. The van der Waals surface area contributed by atoms with E-state index in [1.54, 1.807) is 16.7 Å². The standard InChI is InChI=1S/C27H31FN6O4/c1-38-22-11-6-18(28)12-21(22)26(36)30-13-16-2-7-19(8-3-16)33-23-24(29)31-15-32-25(23)34(27(33)37)20-9-4-17(14-35)5-10-20/h2-3,6-8,11-12,15,17,20,26,30,35-36H,4-5,9-10,13-14H2,1H3,(H2,29,31,32)/t17-,20-,26?. The van der Waals surface area contributed by atoms with Crippen LogP contribution in [0.5, 0.6) is 5.75 Å². The van der Waals surface area contributed by atoms with Gasteiger partial charge in [-0.05, 0) is 67.5 Å². The number of nitrogens with one attached hydrogen (secondary N) is 1. The molecule has 1 saturated carbocycles. The number of nitrogens with zero attached hydrogens (tertiary/aromatic N) is 4. The Morgan fingerprint density at radius 2 is 1.89 bits per heavy atom. The van der Waals surface area contributed by atoms with Crippen LogP contribution in [0.15, 0.2) is 53.6 Å². The van der Waals surface area contributed by atoms with Gasteiger partial charge in [0.1, 0.15) is 29.6 Å². The molecule has 0 amide bonds. The number of aromatic nitrogens is 4. The van der Waals surface area contributed by atoms with E-state index in [1.807, 2.05) is 12.1 Å². The third-order valence-electron chi connectivity index (χ3n) is 7.30. The Balaban J connectivity index is 1.40. The molecule has 1 fully saturated rings. The summed E-state index contributed by atoms with van der Waals surface area (Å²) in [5.41, 5.74) is 8.68. The van der Waals surface area contributed by atoms with Gasteiger partial charge in [0.2, 0.25) is 0 Å². The number of aliphatic hydroxyl groups is 2. The molecule has 0 saturated heterocycles. The number of aliphatic hydroxyl groups excluding tert-OH is 2. The van der Waals surface area contributed by atoms with Crippen LogP contribution in [0.4, 0.5) is 10.2 Å². The molecule has 0 aliphatic heterocycles. The van der Waals surface area contributed by atoms with Crippen molar-refractivity contribution < 1.29 is 19.3 Å². The summed E-state index contributed by atoms with van der Waals surface area (Å²) in [5.74, 6) is 0.381.